The monoisotopic (exact) mass is 384 g/mol. The van der Waals surface area contributed by atoms with Crippen molar-refractivity contribution in [3.63, 3.8) is 0 Å². The fraction of sp³-hybridized carbons (Fsp3) is 0.182. The van der Waals surface area contributed by atoms with Crippen molar-refractivity contribution in [3.8, 4) is 11.3 Å². The van der Waals surface area contributed by atoms with Crippen molar-refractivity contribution >= 4 is 22.6 Å². The van der Waals surface area contributed by atoms with Gasteiger partial charge in [0, 0.05) is 36.3 Å². The summed E-state index contributed by atoms with van der Waals surface area (Å²) in [6, 6.07) is 9.76. The van der Waals surface area contributed by atoms with Crippen molar-refractivity contribution in [2.45, 2.75) is 13.0 Å². The van der Waals surface area contributed by atoms with Gasteiger partial charge in [0.2, 0.25) is 0 Å². The third-order valence-electron chi connectivity index (χ3n) is 5.28. The van der Waals surface area contributed by atoms with Crippen molar-refractivity contribution in [3.05, 3.63) is 71.9 Å². The molecule has 1 aliphatic rings. The summed E-state index contributed by atoms with van der Waals surface area (Å²) >= 11 is 0. The molecule has 0 unspecified atom stereocenters. The molecule has 3 aromatic heterocycles. The number of carbonyl (C=O) groups is 1. The summed E-state index contributed by atoms with van der Waals surface area (Å²) in [7, 11) is 1.94. The molecule has 0 saturated heterocycles. The van der Waals surface area contributed by atoms with Gasteiger partial charge in [-0.1, -0.05) is 6.07 Å². The molecule has 0 atom stereocenters. The highest BCUT2D eigenvalue weighted by Gasteiger charge is 2.13. The zero-order chi connectivity index (χ0) is 19.8. The second kappa shape index (κ2) is 7.10. The van der Waals surface area contributed by atoms with Crippen LogP contribution in [0.5, 0.6) is 0 Å². The third-order valence-corrected chi connectivity index (χ3v) is 5.28. The lowest BCUT2D eigenvalue weighted by molar-refractivity contribution is 0.102. The normalized spacial score (nSPS) is 13.3. The minimum Gasteiger partial charge on any atom is -0.334 e. The quantitative estimate of drug-likeness (QED) is 0.567. The number of pyridine rings is 2. The summed E-state index contributed by atoms with van der Waals surface area (Å²) < 4.78 is 1.94. The zero-order valence-corrected chi connectivity index (χ0v) is 16.0. The first-order valence-electron chi connectivity index (χ1n) is 9.54. The molecule has 0 bridgehead atoms. The third kappa shape index (κ3) is 3.36. The fourth-order valence-electron chi connectivity index (χ4n) is 3.69. The van der Waals surface area contributed by atoms with Crippen LogP contribution in [0, 0.1) is 0 Å². The van der Waals surface area contributed by atoms with Gasteiger partial charge < -0.3 is 15.2 Å². The Morgan fingerprint density at radius 1 is 1.10 bits per heavy atom. The number of nitrogens with zero attached hydrogens (tertiary/aromatic N) is 4. The van der Waals surface area contributed by atoms with Gasteiger partial charge in [0.25, 0.3) is 5.91 Å². The summed E-state index contributed by atoms with van der Waals surface area (Å²) in [5.41, 5.74) is 5.83. The molecule has 2 N–H and O–H groups in total. The molecule has 0 saturated carbocycles. The molecule has 1 aliphatic heterocycles. The van der Waals surface area contributed by atoms with E-state index in [9.17, 15) is 4.79 Å². The van der Waals surface area contributed by atoms with E-state index >= 15 is 0 Å². The van der Waals surface area contributed by atoms with Crippen molar-refractivity contribution in [2.24, 2.45) is 7.05 Å². The molecule has 4 aromatic rings. The fourth-order valence-corrected chi connectivity index (χ4v) is 3.69. The number of fused-ring (bicyclic) bond motifs is 2. The summed E-state index contributed by atoms with van der Waals surface area (Å²) in [6.45, 7) is 1.78. The van der Waals surface area contributed by atoms with Gasteiger partial charge in [0.1, 0.15) is 5.82 Å². The summed E-state index contributed by atoms with van der Waals surface area (Å²) in [5, 5.41) is 7.15. The number of aromatic nitrogens is 4. The smallest absolute Gasteiger partial charge is 0.256 e. The minimum atomic E-state index is -0.166. The number of aryl methyl sites for hydroxylation is 1. The van der Waals surface area contributed by atoms with E-state index in [2.05, 4.69) is 25.6 Å². The van der Waals surface area contributed by atoms with Gasteiger partial charge >= 0.3 is 0 Å². The highest BCUT2D eigenvalue weighted by atomic mass is 16.1. The number of amides is 1. The SMILES string of the molecule is Cn1cncc1-c1cnc2cnc(NC(=O)c3ccc4c(c3)CNCC4)cc2c1. The van der Waals surface area contributed by atoms with E-state index in [0.717, 1.165) is 41.7 Å². The Balaban J connectivity index is 1.42. The summed E-state index contributed by atoms with van der Waals surface area (Å²) in [5.74, 6) is 0.336. The predicted molar refractivity (Wildman–Crippen MR) is 112 cm³/mol. The Morgan fingerprint density at radius 3 is 2.90 bits per heavy atom. The van der Waals surface area contributed by atoms with Crippen LogP contribution in [-0.2, 0) is 20.0 Å². The molecular weight excluding hydrogens is 364 g/mol. The number of benzene rings is 1. The van der Waals surface area contributed by atoms with Crippen LogP contribution in [0.2, 0.25) is 0 Å². The van der Waals surface area contributed by atoms with E-state index in [1.165, 1.54) is 11.1 Å². The number of hydrogen-bond acceptors (Lipinski definition) is 5. The molecule has 0 fully saturated rings. The number of carbonyl (C=O) groups excluding carboxylic acids is 1. The van der Waals surface area contributed by atoms with Gasteiger partial charge in [-0.2, -0.15) is 0 Å². The van der Waals surface area contributed by atoms with Crippen LogP contribution in [0.1, 0.15) is 21.5 Å². The largest absolute Gasteiger partial charge is 0.334 e. The highest BCUT2D eigenvalue weighted by molar-refractivity contribution is 6.04. The Morgan fingerprint density at radius 2 is 2.03 bits per heavy atom. The number of rotatable bonds is 3. The van der Waals surface area contributed by atoms with E-state index in [1.807, 2.05) is 41.9 Å². The Labute approximate surface area is 167 Å². The van der Waals surface area contributed by atoms with Crippen molar-refractivity contribution < 1.29 is 4.79 Å². The maximum absolute atomic E-state index is 12.7. The van der Waals surface area contributed by atoms with E-state index in [-0.39, 0.29) is 5.91 Å². The van der Waals surface area contributed by atoms with E-state index < -0.39 is 0 Å². The minimum absolute atomic E-state index is 0.166. The maximum atomic E-state index is 12.7. The van der Waals surface area contributed by atoms with Crippen molar-refractivity contribution in [1.82, 2.24) is 24.8 Å². The van der Waals surface area contributed by atoms with Crippen LogP contribution in [0.3, 0.4) is 0 Å². The van der Waals surface area contributed by atoms with Crippen LogP contribution in [0.25, 0.3) is 22.2 Å². The van der Waals surface area contributed by atoms with Crippen molar-refractivity contribution in [1.29, 1.82) is 0 Å². The molecule has 7 nitrogen and oxygen atoms in total. The Hall–Kier alpha value is -3.58. The number of anilines is 1. The molecule has 0 spiro atoms. The van der Waals surface area contributed by atoms with Crippen LogP contribution < -0.4 is 10.6 Å². The summed E-state index contributed by atoms with van der Waals surface area (Å²) in [4.78, 5) is 25.7. The van der Waals surface area contributed by atoms with Crippen LogP contribution >= 0.6 is 0 Å². The lowest BCUT2D eigenvalue weighted by atomic mass is 9.98. The van der Waals surface area contributed by atoms with Crippen LogP contribution in [0.15, 0.2) is 55.2 Å². The van der Waals surface area contributed by atoms with Crippen LogP contribution in [0.4, 0.5) is 5.82 Å². The van der Waals surface area contributed by atoms with Gasteiger partial charge in [0.15, 0.2) is 0 Å². The topological polar surface area (TPSA) is 84.7 Å². The standard InChI is InChI=1S/C22H20N6O/c1-28-13-24-12-20(28)18-7-16-8-21(26-11-19(16)25-10-18)27-22(29)15-3-2-14-4-5-23-9-17(14)6-15/h2-3,6-8,10-13,23H,4-5,9H2,1H3,(H,26,27,29). The predicted octanol–water partition coefficient (Wildman–Crippen LogP) is 2.93. The first kappa shape index (κ1) is 17.5. The summed E-state index contributed by atoms with van der Waals surface area (Å²) in [6.07, 6.45) is 8.04. The lowest BCUT2D eigenvalue weighted by Crippen LogP contribution is -2.24. The molecule has 29 heavy (non-hydrogen) atoms. The van der Waals surface area contributed by atoms with Crippen molar-refractivity contribution in [2.75, 3.05) is 11.9 Å². The number of nitrogens with one attached hydrogen (secondary N) is 2. The molecule has 5 rings (SSSR count). The van der Waals surface area contributed by atoms with Gasteiger partial charge in [-0.05, 0) is 48.4 Å². The molecule has 4 heterocycles. The molecule has 144 valence electrons. The van der Waals surface area contributed by atoms with Crippen LogP contribution in [-0.4, -0.2) is 32.0 Å². The molecular formula is C22H20N6O. The molecule has 7 heteroatoms. The molecule has 1 aromatic carbocycles. The average Bonchev–Trinajstić information content (AvgIpc) is 3.18. The lowest BCUT2D eigenvalue weighted by Gasteiger charge is -2.17. The van der Waals surface area contributed by atoms with Gasteiger partial charge in [-0.3, -0.25) is 9.78 Å². The van der Waals surface area contributed by atoms with E-state index in [1.54, 1.807) is 24.9 Å². The van der Waals surface area contributed by atoms with E-state index in [4.69, 9.17) is 0 Å². The first-order valence-corrected chi connectivity index (χ1v) is 9.54. The number of imidazole rings is 1. The zero-order valence-electron chi connectivity index (χ0n) is 16.0. The second-order valence-corrected chi connectivity index (χ2v) is 7.24. The Kier molecular flexibility index (Phi) is 4.29. The maximum Gasteiger partial charge on any atom is 0.256 e. The molecule has 1 amide bonds. The average molecular weight is 384 g/mol. The second-order valence-electron chi connectivity index (χ2n) is 7.24. The number of hydrogen-bond donors (Lipinski definition) is 2. The highest BCUT2D eigenvalue weighted by Crippen LogP contribution is 2.23. The Bertz CT molecular complexity index is 1230. The van der Waals surface area contributed by atoms with Gasteiger partial charge in [-0.15, -0.1) is 0 Å². The van der Waals surface area contributed by atoms with Gasteiger partial charge in [-0.25, -0.2) is 9.97 Å². The first-order chi connectivity index (χ1) is 14.2. The van der Waals surface area contributed by atoms with Gasteiger partial charge in [0.05, 0.1) is 29.9 Å². The molecule has 0 aliphatic carbocycles. The van der Waals surface area contributed by atoms with E-state index in [0.29, 0.717) is 11.4 Å². The molecule has 0 radical (unpaired) electrons.